The summed E-state index contributed by atoms with van der Waals surface area (Å²) in [4.78, 5) is 25.4. The van der Waals surface area contributed by atoms with E-state index >= 15 is 0 Å². The maximum Gasteiger partial charge on any atom is 0.229 e. The number of aliphatic hydroxyl groups excluding tert-OH is 2. The van der Waals surface area contributed by atoms with Crippen LogP contribution in [0.1, 0.15) is 23.9 Å². The summed E-state index contributed by atoms with van der Waals surface area (Å²) >= 11 is 0. The highest BCUT2D eigenvalue weighted by Gasteiger charge is 2.75. The van der Waals surface area contributed by atoms with E-state index in [1.807, 2.05) is 30.3 Å². The molecule has 2 aliphatic carbocycles. The lowest BCUT2D eigenvalue weighted by Gasteiger charge is -2.23. The van der Waals surface area contributed by atoms with Gasteiger partial charge in [-0.1, -0.05) is 24.1 Å². The van der Waals surface area contributed by atoms with Gasteiger partial charge in [-0.15, -0.1) is 0 Å². The summed E-state index contributed by atoms with van der Waals surface area (Å²) in [6.45, 7) is 0. The van der Waals surface area contributed by atoms with Gasteiger partial charge in [-0.05, 0) is 24.5 Å². The summed E-state index contributed by atoms with van der Waals surface area (Å²) in [6.07, 6.45) is -0.297. The molecule has 2 saturated carbocycles. The largest absolute Gasteiger partial charge is 0.389 e. The number of nitrogen functional groups attached to an aromatic ring is 1. The van der Waals surface area contributed by atoms with Crippen molar-refractivity contribution >= 4 is 22.9 Å². The van der Waals surface area contributed by atoms with Crippen LogP contribution in [0, 0.1) is 23.2 Å². The Bertz CT molecular complexity index is 1210. The first-order valence-electron chi connectivity index (χ1n) is 9.63. The summed E-state index contributed by atoms with van der Waals surface area (Å²) in [5.41, 5.74) is 6.71. The molecule has 0 saturated heterocycles. The minimum Gasteiger partial charge on any atom is -0.389 e. The lowest BCUT2D eigenvalue weighted by Crippen LogP contribution is -2.41. The number of fused-ring (bicyclic) bond motifs is 2. The van der Waals surface area contributed by atoms with E-state index in [1.54, 1.807) is 4.57 Å². The van der Waals surface area contributed by atoms with E-state index in [1.165, 1.54) is 13.4 Å². The second kappa shape index (κ2) is 6.52. The first-order chi connectivity index (χ1) is 14.5. The van der Waals surface area contributed by atoms with Gasteiger partial charge >= 0.3 is 0 Å². The predicted octanol–water partition coefficient (Wildman–Crippen LogP) is -0.163. The average Bonchev–Trinajstić information content (AvgIpc) is 3.29. The van der Waals surface area contributed by atoms with Crippen LogP contribution in [-0.4, -0.2) is 54.9 Å². The number of nitrogens with one attached hydrogen (secondary N) is 1. The van der Waals surface area contributed by atoms with Crippen molar-refractivity contribution in [1.29, 1.82) is 0 Å². The predicted molar refractivity (Wildman–Crippen MR) is 108 cm³/mol. The number of imidazole rings is 1. The third-order valence-electron chi connectivity index (χ3n) is 6.18. The molecule has 1 aromatic carbocycles. The Morgan fingerprint density at radius 2 is 2.03 bits per heavy atom. The van der Waals surface area contributed by atoms with Gasteiger partial charge in [0.15, 0.2) is 11.5 Å². The number of hydrogen-bond donors (Lipinski definition) is 4. The minimum absolute atomic E-state index is 0.178. The van der Waals surface area contributed by atoms with Gasteiger partial charge in [0.2, 0.25) is 11.7 Å². The number of benzene rings is 1. The van der Waals surface area contributed by atoms with Gasteiger partial charge in [0.1, 0.15) is 11.6 Å². The smallest absolute Gasteiger partial charge is 0.229 e. The van der Waals surface area contributed by atoms with E-state index < -0.39 is 23.7 Å². The fourth-order valence-corrected chi connectivity index (χ4v) is 4.65. The van der Waals surface area contributed by atoms with Gasteiger partial charge in [-0.3, -0.25) is 4.79 Å². The Kier molecular flexibility index (Phi) is 4.03. The highest BCUT2D eigenvalue weighted by Crippen LogP contribution is 2.67. The lowest BCUT2D eigenvalue weighted by atomic mass is 9.98. The Morgan fingerprint density at radius 1 is 1.27 bits per heavy atom. The number of hydrogen-bond acceptors (Lipinski definition) is 7. The quantitative estimate of drug-likeness (QED) is 0.435. The van der Waals surface area contributed by atoms with Crippen molar-refractivity contribution in [2.75, 3.05) is 12.8 Å². The third-order valence-corrected chi connectivity index (χ3v) is 6.18. The first kappa shape index (κ1) is 18.5. The molecule has 3 aromatic rings. The minimum atomic E-state index is -1.17. The van der Waals surface area contributed by atoms with E-state index in [9.17, 15) is 15.0 Å². The van der Waals surface area contributed by atoms with Crippen LogP contribution in [-0.2, 0) is 4.79 Å². The van der Waals surface area contributed by atoms with Crippen LogP contribution in [0.15, 0.2) is 36.7 Å². The summed E-state index contributed by atoms with van der Waals surface area (Å²) < 4.78 is 1.68. The van der Waals surface area contributed by atoms with Gasteiger partial charge in [0, 0.05) is 18.5 Å². The van der Waals surface area contributed by atoms with Crippen molar-refractivity contribution in [2.45, 2.75) is 24.7 Å². The number of nitrogens with zero attached hydrogens (tertiary/aromatic N) is 4. The number of anilines is 1. The first-order valence-corrected chi connectivity index (χ1v) is 9.63. The topological polar surface area (TPSA) is 139 Å². The zero-order chi connectivity index (χ0) is 21.0. The molecule has 2 aromatic heterocycles. The van der Waals surface area contributed by atoms with Gasteiger partial charge in [-0.2, -0.15) is 0 Å². The van der Waals surface area contributed by atoms with Crippen LogP contribution < -0.4 is 11.1 Å². The van der Waals surface area contributed by atoms with Crippen LogP contribution in [0.3, 0.4) is 0 Å². The molecule has 0 bridgehead atoms. The van der Waals surface area contributed by atoms with Gasteiger partial charge < -0.3 is 25.8 Å². The number of carbonyl (C=O) groups is 1. The molecular weight excluding hydrogens is 384 g/mol. The van der Waals surface area contributed by atoms with Crippen molar-refractivity contribution in [3.05, 3.63) is 48.0 Å². The molecule has 0 radical (unpaired) electrons. The molecule has 5 N–H and O–H groups in total. The Balaban J connectivity index is 1.56. The fourth-order valence-electron chi connectivity index (χ4n) is 4.65. The Morgan fingerprint density at radius 3 is 2.77 bits per heavy atom. The molecule has 0 spiro atoms. The SMILES string of the molecule is CNC(=O)C12CC1C(n1cnc3c(N)nc(C#Cc4ccccc4)nc31)C(O)C2O. The van der Waals surface area contributed by atoms with Crippen LogP contribution >= 0.6 is 0 Å². The molecule has 2 heterocycles. The van der Waals surface area contributed by atoms with Crippen LogP contribution in [0.4, 0.5) is 5.82 Å². The molecule has 9 nitrogen and oxygen atoms in total. The van der Waals surface area contributed by atoms with E-state index in [4.69, 9.17) is 5.73 Å². The maximum atomic E-state index is 12.4. The number of carbonyl (C=O) groups excluding carboxylic acids is 1. The maximum absolute atomic E-state index is 12.4. The van der Waals surface area contributed by atoms with Gasteiger partial charge in [0.05, 0.1) is 23.9 Å². The molecule has 5 atom stereocenters. The molecule has 2 aliphatic rings. The molecule has 5 unspecified atom stereocenters. The standard InChI is InChI=1S/C21H20N6O3/c1-23-20(30)21-9-12(21)15(16(28)17(21)29)27-10-24-14-18(22)25-13(26-19(14)27)8-7-11-5-3-2-4-6-11/h2-6,10,12,15-17,28-29H,9H2,1H3,(H,23,30)(H2,22,25,26). The highest BCUT2D eigenvalue weighted by molar-refractivity contribution is 5.88. The van der Waals surface area contributed by atoms with E-state index in [-0.39, 0.29) is 23.5 Å². The van der Waals surface area contributed by atoms with Crippen molar-refractivity contribution in [3.63, 3.8) is 0 Å². The van der Waals surface area contributed by atoms with Gasteiger partial charge in [-0.25, -0.2) is 15.0 Å². The number of aliphatic hydroxyl groups is 2. The molecule has 1 amide bonds. The van der Waals surface area contributed by atoms with Gasteiger partial charge in [0.25, 0.3) is 0 Å². The number of amides is 1. The van der Waals surface area contributed by atoms with Crippen molar-refractivity contribution < 1.29 is 15.0 Å². The normalized spacial score (nSPS) is 29.2. The summed E-state index contributed by atoms with van der Waals surface area (Å²) in [5, 5.41) is 23.9. The number of aromatic nitrogens is 4. The molecule has 2 fully saturated rings. The van der Waals surface area contributed by atoms with E-state index in [0.29, 0.717) is 17.6 Å². The average molecular weight is 404 g/mol. The van der Waals surface area contributed by atoms with Crippen LogP contribution in [0.25, 0.3) is 11.2 Å². The molecule has 152 valence electrons. The van der Waals surface area contributed by atoms with Crippen molar-refractivity contribution in [1.82, 2.24) is 24.8 Å². The zero-order valence-corrected chi connectivity index (χ0v) is 16.1. The molecular formula is C21H20N6O3. The summed E-state index contributed by atoms with van der Waals surface area (Å²) in [5.74, 6) is 5.81. The van der Waals surface area contributed by atoms with E-state index in [2.05, 4.69) is 32.1 Å². The van der Waals surface area contributed by atoms with Crippen LogP contribution in [0.5, 0.6) is 0 Å². The highest BCUT2D eigenvalue weighted by atomic mass is 16.3. The fraction of sp³-hybridized carbons (Fsp3) is 0.333. The van der Waals surface area contributed by atoms with Crippen molar-refractivity contribution in [2.24, 2.45) is 11.3 Å². The second-order valence-electron chi connectivity index (χ2n) is 7.73. The molecule has 0 aliphatic heterocycles. The zero-order valence-electron chi connectivity index (χ0n) is 16.1. The number of nitrogens with two attached hydrogens (primary N) is 1. The van der Waals surface area contributed by atoms with Crippen LogP contribution in [0.2, 0.25) is 0 Å². The monoisotopic (exact) mass is 404 g/mol. The van der Waals surface area contributed by atoms with Crippen molar-refractivity contribution in [3.8, 4) is 11.8 Å². The third kappa shape index (κ3) is 2.51. The lowest BCUT2D eigenvalue weighted by molar-refractivity contribution is -0.132. The molecule has 30 heavy (non-hydrogen) atoms. The molecule has 5 rings (SSSR count). The summed E-state index contributed by atoms with van der Waals surface area (Å²) in [7, 11) is 1.52. The Hall–Kier alpha value is -3.48. The molecule has 9 heteroatoms. The number of rotatable bonds is 2. The summed E-state index contributed by atoms with van der Waals surface area (Å²) in [6, 6.07) is 8.88. The van der Waals surface area contributed by atoms with E-state index in [0.717, 1.165) is 5.56 Å². The second-order valence-corrected chi connectivity index (χ2v) is 7.73. The Labute approximate surface area is 172 Å².